The zero-order valence-electron chi connectivity index (χ0n) is 26.5. The van der Waals surface area contributed by atoms with Crippen molar-refractivity contribution in [1.82, 2.24) is 9.47 Å². The molecule has 0 unspecified atom stereocenters. The second-order valence-electron chi connectivity index (χ2n) is 13.2. The number of amides is 1. The molecular weight excluding hydrogens is 577 g/mol. The summed E-state index contributed by atoms with van der Waals surface area (Å²) < 4.78 is 20.4. The summed E-state index contributed by atoms with van der Waals surface area (Å²) in [6.45, 7) is 9.11. The number of benzene rings is 2. The first-order chi connectivity index (χ1) is 21.1. The SMILES string of the molecule is CC(C)C[C@@](C(=O)O)(C1CCCC1)N(Cc1ccc(-n2c(N)c(C(=O)c3ccc(F)cc3)ccc2=O)cc1)C(=O)OC(C)(C)C. The number of carboxylic acid groups (broad SMARTS) is 1. The maximum absolute atomic E-state index is 13.8. The lowest BCUT2D eigenvalue weighted by Crippen LogP contribution is -2.62. The molecule has 2 aromatic carbocycles. The van der Waals surface area contributed by atoms with Gasteiger partial charge in [0.2, 0.25) is 0 Å². The maximum Gasteiger partial charge on any atom is 0.411 e. The molecule has 1 heterocycles. The van der Waals surface area contributed by atoms with Crippen LogP contribution in [0.2, 0.25) is 0 Å². The van der Waals surface area contributed by atoms with Crippen molar-refractivity contribution in [2.24, 2.45) is 11.8 Å². The fourth-order valence-electron chi connectivity index (χ4n) is 6.29. The van der Waals surface area contributed by atoms with Crippen molar-refractivity contribution < 1.29 is 28.6 Å². The van der Waals surface area contributed by atoms with Gasteiger partial charge in [-0.15, -0.1) is 0 Å². The van der Waals surface area contributed by atoms with E-state index in [0.29, 0.717) is 24.1 Å². The van der Waals surface area contributed by atoms with E-state index in [4.69, 9.17) is 10.5 Å². The number of hydrogen-bond donors (Lipinski definition) is 2. The monoisotopic (exact) mass is 619 g/mol. The number of pyridine rings is 1. The highest BCUT2D eigenvalue weighted by Crippen LogP contribution is 2.43. The van der Waals surface area contributed by atoms with E-state index < -0.39 is 40.4 Å². The van der Waals surface area contributed by atoms with Gasteiger partial charge in [0.05, 0.1) is 17.8 Å². The van der Waals surface area contributed by atoms with E-state index in [1.807, 2.05) is 13.8 Å². The predicted molar refractivity (Wildman–Crippen MR) is 170 cm³/mol. The van der Waals surface area contributed by atoms with Crippen LogP contribution < -0.4 is 11.3 Å². The number of aliphatic carboxylic acids is 1. The Labute approximate surface area is 262 Å². The number of carbonyl (C=O) groups excluding carboxylic acids is 2. The van der Waals surface area contributed by atoms with Crippen LogP contribution in [0.3, 0.4) is 0 Å². The molecule has 9 nitrogen and oxygen atoms in total. The summed E-state index contributed by atoms with van der Waals surface area (Å²) in [6, 6.07) is 14.3. The molecule has 1 aliphatic rings. The van der Waals surface area contributed by atoms with Crippen molar-refractivity contribution in [2.45, 2.75) is 84.4 Å². The lowest BCUT2D eigenvalue weighted by molar-refractivity contribution is -0.158. The number of nitrogens with two attached hydrogens (primary N) is 1. The highest BCUT2D eigenvalue weighted by molar-refractivity contribution is 6.11. The smallest absolute Gasteiger partial charge is 0.411 e. The summed E-state index contributed by atoms with van der Waals surface area (Å²) in [5.74, 6) is -2.32. The molecule has 0 spiro atoms. The molecular formula is C35H42FN3O6. The van der Waals surface area contributed by atoms with Crippen LogP contribution in [-0.4, -0.2) is 43.6 Å². The van der Waals surface area contributed by atoms with Crippen LogP contribution in [0.25, 0.3) is 5.69 Å². The third kappa shape index (κ3) is 7.27. The molecule has 0 aliphatic heterocycles. The molecule has 1 aromatic heterocycles. The van der Waals surface area contributed by atoms with Gasteiger partial charge in [0, 0.05) is 11.6 Å². The van der Waals surface area contributed by atoms with Crippen LogP contribution in [0.4, 0.5) is 15.0 Å². The average molecular weight is 620 g/mol. The Hall–Kier alpha value is -4.47. The summed E-state index contributed by atoms with van der Waals surface area (Å²) in [6.07, 6.45) is 2.76. The van der Waals surface area contributed by atoms with Gasteiger partial charge < -0.3 is 15.6 Å². The van der Waals surface area contributed by atoms with Crippen molar-refractivity contribution in [3.63, 3.8) is 0 Å². The summed E-state index contributed by atoms with van der Waals surface area (Å²) in [5.41, 5.74) is 4.87. The third-order valence-electron chi connectivity index (χ3n) is 8.23. The number of carbonyl (C=O) groups is 3. The van der Waals surface area contributed by atoms with E-state index in [2.05, 4.69) is 0 Å². The Balaban J connectivity index is 1.73. The molecule has 10 heteroatoms. The average Bonchev–Trinajstić information content (AvgIpc) is 3.50. The fourth-order valence-corrected chi connectivity index (χ4v) is 6.29. The standard InChI is InChI=1S/C35H42FN3O6/c1-22(2)20-35(32(42)43,25-8-6-7-9-25)38(33(44)45-34(3,4)5)21-23-10-16-27(17-11-23)39-29(40)19-18-28(31(39)37)30(41)24-12-14-26(36)15-13-24/h10-19,22,25H,6-9,20-21,37H2,1-5H3,(H,42,43)/t35-/m0/s1. The van der Waals surface area contributed by atoms with E-state index in [1.165, 1.54) is 45.9 Å². The van der Waals surface area contributed by atoms with Gasteiger partial charge in [0.25, 0.3) is 5.56 Å². The van der Waals surface area contributed by atoms with Gasteiger partial charge in [-0.2, -0.15) is 0 Å². The molecule has 4 rings (SSSR count). The number of anilines is 1. The van der Waals surface area contributed by atoms with Gasteiger partial charge in [-0.1, -0.05) is 38.8 Å². The number of ether oxygens (including phenoxy) is 1. The van der Waals surface area contributed by atoms with Gasteiger partial charge in [0.15, 0.2) is 5.78 Å². The Morgan fingerprint density at radius 1 is 1.00 bits per heavy atom. The Morgan fingerprint density at radius 2 is 1.60 bits per heavy atom. The minimum Gasteiger partial charge on any atom is -0.479 e. The normalized spacial score (nSPS) is 15.1. The van der Waals surface area contributed by atoms with Crippen LogP contribution in [0.5, 0.6) is 0 Å². The topological polar surface area (TPSA) is 132 Å². The minimum absolute atomic E-state index is 0.00578. The lowest BCUT2D eigenvalue weighted by Gasteiger charge is -2.46. The molecule has 1 aliphatic carbocycles. The van der Waals surface area contributed by atoms with Gasteiger partial charge in [-0.3, -0.25) is 19.1 Å². The molecule has 1 fully saturated rings. The van der Waals surface area contributed by atoms with Crippen molar-refractivity contribution >= 4 is 23.7 Å². The zero-order valence-corrected chi connectivity index (χ0v) is 26.5. The van der Waals surface area contributed by atoms with Crippen molar-refractivity contribution in [3.8, 4) is 5.69 Å². The molecule has 240 valence electrons. The van der Waals surface area contributed by atoms with Gasteiger partial charge in [-0.25, -0.2) is 14.0 Å². The quantitative estimate of drug-likeness (QED) is 0.245. The fraction of sp³-hybridized carbons (Fsp3) is 0.429. The van der Waals surface area contributed by atoms with Crippen molar-refractivity contribution in [3.05, 3.63) is 93.5 Å². The van der Waals surface area contributed by atoms with Crippen LogP contribution in [0.1, 0.15) is 88.2 Å². The zero-order chi connectivity index (χ0) is 33.1. The van der Waals surface area contributed by atoms with Crippen molar-refractivity contribution in [2.75, 3.05) is 5.73 Å². The molecule has 0 saturated heterocycles. The van der Waals surface area contributed by atoms with Crippen molar-refractivity contribution in [1.29, 1.82) is 0 Å². The number of carboxylic acids is 1. The van der Waals surface area contributed by atoms with Gasteiger partial charge >= 0.3 is 12.1 Å². The van der Waals surface area contributed by atoms with E-state index in [-0.39, 0.29) is 41.7 Å². The summed E-state index contributed by atoms with van der Waals surface area (Å²) in [4.78, 5) is 54.4. The Morgan fingerprint density at radius 3 is 2.13 bits per heavy atom. The van der Waals surface area contributed by atoms with Crippen LogP contribution in [0, 0.1) is 17.7 Å². The highest BCUT2D eigenvalue weighted by atomic mass is 19.1. The third-order valence-corrected chi connectivity index (χ3v) is 8.23. The highest BCUT2D eigenvalue weighted by Gasteiger charge is 2.54. The molecule has 1 amide bonds. The number of halogens is 1. The molecule has 0 radical (unpaired) electrons. The molecule has 3 aromatic rings. The number of ketones is 1. The second-order valence-corrected chi connectivity index (χ2v) is 13.2. The minimum atomic E-state index is -1.47. The summed E-state index contributed by atoms with van der Waals surface area (Å²) in [7, 11) is 0. The van der Waals surface area contributed by atoms with E-state index in [0.717, 1.165) is 12.8 Å². The number of aromatic nitrogens is 1. The number of nitrogens with zero attached hydrogens (tertiary/aromatic N) is 2. The van der Waals surface area contributed by atoms with E-state index >= 15 is 0 Å². The molecule has 0 bridgehead atoms. The first kappa shape index (κ1) is 33.4. The van der Waals surface area contributed by atoms with Crippen LogP contribution >= 0.6 is 0 Å². The predicted octanol–water partition coefficient (Wildman–Crippen LogP) is 6.59. The molecule has 45 heavy (non-hydrogen) atoms. The number of rotatable bonds is 10. The maximum atomic E-state index is 13.8. The van der Waals surface area contributed by atoms with E-state index in [1.54, 1.807) is 45.0 Å². The molecule has 1 atom stereocenters. The van der Waals surface area contributed by atoms with Crippen LogP contribution in [-0.2, 0) is 16.1 Å². The van der Waals surface area contributed by atoms with Crippen LogP contribution in [0.15, 0.2) is 65.5 Å². The van der Waals surface area contributed by atoms with Gasteiger partial charge in [-0.05, 0) is 99.9 Å². The summed E-state index contributed by atoms with van der Waals surface area (Å²) >= 11 is 0. The van der Waals surface area contributed by atoms with E-state index in [9.17, 15) is 28.7 Å². The molecule has 3 N–H and O–H groups in total. The molecule has 1 saturated carbocycles. The first-order valence-electron chi connectivity index (χ1n) is 15.3. The summed E-state index contributed by atoms with van der Waals surface area (Å²) in [5, 5.41) is 10.8. The first-order valence-corrected chi connectivity index (χ1v) is 15.3. The lowest BCUT2D eigenvalue weighted by atomic mass is 9.75. The largest absolute Gasteiger partial charge is 0.479 e. The van der Waals surface area contributed by atoms with Gasteiger partial charge in [0.1, 0.15) is 22.8 Å². The Kier molecular flexibility index (Phi) is 9.85. The number of nitrogen functional groups attached to an aromatic ring is 1. The second kappa shape index (κ2) is 13.3. The Bertz CT molecular complexity index is 1600. The number of hydrogen-bond acceptors (Lipinski definition) is 6.